The molecule has 0 aliphatic carbocycles. The van der Waals surface area contributed by atoms with Crippen molar-refractivity contribution < 1.29 is 0 Å². The van der Waals surface area contributed by atoms with E-state index >= 15 is 0 Å². The quantitative estimate of drug-likeness (QED) is 0.624. The summed E-state index contributed by atoms with van der Waals surface area (Å²) in [5.41, 5.74) is 7.81. The summed E-state index contributed by atoms with van der Waals surface area (Å²) in [7, 11) is 2.01. The molecule has 1 aromatic heterocycles. The topological polar surface area (TPSA) is 48.7 Å². The van der Waals surface area contributed by atoms with Crippen LogP contribution >= 0.6 is 0 Å². The van der Waals surface area contributed by atoms with Crippen LogP contribution in [0, 0.1) is 27.7 Å². The van der Waals surface area contributed by atoms with Crippen molar-refractivity contribution in [3.8, 4) is 0 Å². The SMILES string of the molecule is CCNC(=NCCc1c(C)nn(C)c1C)N1CCN(c2cccc(C)c2C)CC1. The van der Waals surface area contributed by atoms with Gasteiger partial charge in [0.15, 0.2) is 5.96 Å². The molecule has 0 saturated carbocycles. The van der Waals surface area contributed by atoms with Gasteiger partial charge in [-0.25, -0.2) is 0 Å². The van der Waals surface area contributed by atoms with Crippen molar-refractivity contribution in [1.29, 1.82) is 0 Å². The van der Waals surface area contributed by atoms with E-state index in [0.717, 1.165) is 57.3 Å². The highest BCUT2D eigenvalue weighted by Gasteiger charge is 2.21. The normalized spacial score (nSPS) is 15.2. The van der Waals surface area contributed by atoms with E-state index in [-0.39, 0.29) is 0 Å². The van der Waals surface area contributed by atoms with Crippen LogP contribution in [0.1, 0.15) is 35.0 Å². The Hall–Kier alpha value is -2.50. The van der Waals surface area contributed by atoms with Gasteiger partial charge < -0.3 is 15.1 Å². The molecule has 0 atom stereocenters. The fraction of sp³-hybridized carbons (Fsp3) is 0.565. The minimum atomic E-state index is 0.785. The molecule has 1 saturated heterocycles. The fourth-order valence-corrected chi connectivity index (χ4v) is 4.12. The Morgan fingerprint density at radius 2 is 1.83 bits per heavy atom. The molecule has 3 rings (SSSR count). The van der Waals surface area contributed by atoms with Gasteiger partial charge in [-0.15, -0.1) is 0 Å². The Kier molecular flexibility index (Phi) is 6.83. The lowest BCUT2D eigenvalue weighted by Gasteiger charge is -2.38. The molecule has 1 aromatic carbocycles. The molecule has 1 aliphatic rings. The highest BCUT2D eigenvalue weighted by atomic mass is 15.3. The van der Waals surface area contributed by atoms with Gasteiger partial charge in [0.2, 0.25) is 0 Å². The zero-order valence-electron chi connectivity index (χ0n) is 18.9. The van der Waals surface area contributed by atoms with Crippen LogP contribution in [-0.2, 0) is 13.5 Å². The molecule has 1 fully saturated rings. The molecule has 0 radical (unpaired) electrons. The Balaban J connectivity index is 1.63. The summed E-state index contributed by atoms with van der Waals surface area (Å²) in [6.07, 6.45) is 0.933. The highest BCUT2D eigenvalue weighted by Crippen LogP contribution is 2.24. The second-order valence-corrected chi connectivity index (χ2v) is 7.95. The molecule has 0 spiro atoms. The molecule has 0 unspecified atom stereocenters. The molecule has 1 N–H and O–H groups in total. The first kappa shape index (κ1) is 21.2. The second kappa shape index (κ2) is 9.33. The van der Waals surface area contributed by atoms with Crippen molar-refractivity contribution in [2.45, 2.75) is 41.0 Å². The van der Waals surface area contributed by atoms with Crippen LogP contribution in [0.25, 0.3) is 0 Å². The first-order valence-corrected chi connectivity index (χ1v) is 10.8. The minimum Gasteiger partial charge on any atom is -0.368 e. The Bertz CT molecular complexity index is 858. The number of benzene rings is 1. The van der Waals surface area contributed by atoms with E-state index in [0.29, 0.717) is 0 Å². The van der Waals surface area contributed by atoms with Crippen LogP contribution in [0.5, 0.6) is 0 Å². The zero-order valence-corrected chi connectivity index (χ0v) is 18.9. The van der Waals surface area contributed by atoms with Crippen LogP contribution < -0.4 is 10.2 Å². The smallest absolute Gasteiger partial charge is 0.194 e. The van der Waals surface area contributed by atoms with Crippen LogP contribution in [0.4, 0.5) is 5.69 Å². The molecule has 2 aromatic rings. The second-order valence-electron chi connectivity index (χ2n) is 7.95. The average Bonchev–Trinajstić information content (AvgIpc) is 2.95. The number of hydrogen-bond acceptors (Lipinski definition) is 3. The first-order valence-electron chi connectivity index (χ1n) is 10.8. The summed E-state index contributed by atoms with van der Waals surface area (Å²) in [6, 6.07) is 6.60. The summed E-state index contributed by atoms with van der Waals surface area (Å²) in [6.45, 7) is 16.5. The van der Waals surface area contributed by atoms with Gasteiger partial charge in [0.1, 0.15) is 0 Å². The van der Waals surface area contributed by atoms with Gasteiger partial charge in [-0.2, -0.15) is 5.10 Å². The molecule has 0 bridgehead atoms. The molecule has 158 valence electrons. The van der Waals surface area contributed by atoms with Crippen molar-refractivity contribution in [1.82, 2.24) is 20.0 Å². The van der Waals surface area contributed by atoms with E-state index in [1.165, 1.54) is 28.1 Å². The van der Waals surface area contributed by atoms with Gasteiger partial charge in [0.25, 0.3) is 0 Å². The lowest BCUT2D eigenvalue weighted by Crippen LogP contribution is -2.52. The number of rotatable bonds is 5. The van der Waals surface area contributed by atoms with E-state index in [1.807, 2.05) is 11.7 Å². The van der Waals surface area contributed by atoms with Crippen LogP contribution in [0.15, 0.2) is 23.2 Å². The molecular weight excluding hydrogens is 360 g/mol. The van der Waals surface area contributed by atoms with Crippen LogP contribution in [0.2, 0.25) is 0 Å². The monoisotopic (exact) mass is 396 g/mol. The van der Waals surface area contributed by atoms with E-state index in [9.17, 15) is 0 Å². The number of aryl methyl sites for hydroxylation is 3. The number of aliphatic imine (C=N–C) groups is 1. The summed E-state index contributed by atoms with van der Waals surface area (Å²) in [4.78, 5) is 9.83. The van der Waals surface area contributed by atoms with Crippen molar-refractivity contribution >= 4 is 11.6 Å². The van der Waals surface area contributed by atoms with Gasteiger partial charge in [-0.05, 0) is 63.8 Å². The number of nitrogens with zero attached hydrogens (tertiary/aromatic N) is 5. The molecule has 0 amide bonds. The van der Waals surface area contributed by atoms with Gasteiger partial charge >= 0.3 is 0 Å². The van der Waals surface area contributed by atoms with Gasteiger partial charge in [-0.3, -0.25) is 9.67 Å². The number of nitrogens with one attached hydrogen (secondary N) is 1. The first-order chi connectivity index (χ1) is 13.9. The lowest BCUT2D eigenvalue weighted by atomic mass is 10.1. The lowest BCUT2D eigenvalue weighted by molar-refractivity contribution is 0.372. The predicted molar refractivity (Wildman–Crippen MR) is 122 cm³/mol. The third-order valence-electron chi connectivity index (χ3n) is 6.11. The largest absolute Gasteiger partial charge is 0.368 e. The maximum Gasteiger partial charge on any atom is 0.194 e. The van der Waals surface area contributed by atoms with E-state index in [1.54, 1.807) is 0 Å². The minimum absolute atomic E-state index is 0.785. The number of hydrogen-bond donors (Lipinski definition) is 1. The maximum atomic E-state index is 4.93. The molecular formula is C23H36N6. The number of guanidine groups is 1. The summed E-state index contributed by atoms with van der Waals surface area (Å²) in [5.74, 6) is 1.03. The molecule has 2 heterocycles. The highest BCUT2D eigenvalue weighted by molar-refractivity contribution is 5.80. The third kappa shape index (κ3) is 4.74. The molecule has 6 heteroatoms. The third-order valence-corrected chi connectivity index (χ3v) is 6.11. The number of aromatic nitrogens is 2. The maximum absolute atomic E-state index is 4.93. The average molecular weight is 397 g/mol. The van der Waals surface area contributed by atoms with E-state index in [2.05, 4.69) is 73.0 Å². The van der Waals surface area contributed by atoms with Crippen molar-refractivity contribution in [3.05, 3.63) is 46.3 Å². The standard InChI is InChI=1S/C23H36N6/c1-7-24-23(25-12-11-21-19(4)26-27(6)20(21)5)29-15-13-28(14-16-29)22-10-8-9-17(2)18(22)3/h8-10H,7,11-16H2,1-6H3,(H,24,25). The van der Waals surface area contributed by atoms with Crippen molar-refractivity contribution in [3.63, 3.8) is 0 Å². The van der Waals surface area contributed by atoms with Gasteiger partial charge in [0, 0.05) is 57.7 Å². The Morgan fingerprint density at radius 1 is 1.10 bits per heavy atom. The Morgan fingerprint density at radius 3 is 2.45 bits per heavy atom. The molecule has 6 nitrogen and oxygen atoms in total. The zero-order chi connectivity index (χ0) is 21.0. The fourth-order valence-electron chi connectivity index (χ4n) is 4.12. The van der Waals surface area contributed by atoms with Gasteiger partial charge in [0.05, 0.1) is 5.69 Å². The Labute approximate surface area is 175 Å². The van der Waals surface area contributed by atoms with E-state index in [4.69, 9.17) is 4.99 Å². The van der Waals surface area contributed by atoms with Crippen molar-refractivity contribution in [2.75, 3.05) is 44.2 Å². The predicted octanol–water partition coefficient (Wildman–Crippen LogP) is 2.98. The van der Waals surface area contributed by atoms with Crippen molar-refractivity contribution in [2.24, 2.45) is 12.0 Å². The van der Waals surface area contributed by atoms with Gasteiger partial charge in [-0.1, -0.05) is 12.1 Å². The summed E-state index contributed by atoms with van der Waals surface area (Å²) < 4.78 is 1.96. The summed E-state index contributed by atoms with van der Waals surface area (Å²) >= 11 is 0. The molecule has 29 heavy (non-hydrogen) atoms. The number of piperazine rings is 1. The summed E-state index contributed by atoms with van der Waals surface area (Å²) in [5, 5.41) is 8.01. The van der Waals surface area contributed by atoms with Crippen LogP contribution in [-0.4, -0.2) is 59.9 Å². The van der Waals surface area contributed by atoms with E-state index < -0.39 is 0 Å². The van der Waals surface area contributed by atoms with Crippen LogP contribution in [0.3, 0.4) is 0 Å². The number of anilines is 1. The molecule has 1 aliphatic heterocycles.